The average Bonchev–Trinajstić information content (AvgIpc) is 3.19. The van der Waals surface area contributed by atoms with E-state index in [9.17, 15) is 4.79 Å². The molecule has 0 spiro atoms. The molecule has 5 heteroatoms. The van der Waals surface area contributed by atoms with Gasteiger partial charge in [0.1, 0.15) is 0 Å². The number of carbonyl (C=O) groups is 1. The molecule has 0 fully saturated rings. The Bertz CT molecular complexity index is 865. The number of nitrogens with zero attached hydrogens (tertiary/aromatic N) is 2. The molecule has 140 valence electrons. The number of hydrogen-bond donors (Lipinski definition) is 2. The number of imidazole rings is 1. The number of urea groups is 1. The summed E-state index contributed by atoms with van der Waals surface area (Å²) in [7, 11) is 0. The maximum atomic E-state index is 12.2. The summed E-state index contributed by atoms with van der Waals surface area (Å²) in [6.45, 7) is 6.82. The highest BCUT2D eigenvalue weighted by Gasteiger charge is 2.10. The molecule has 5 nitrogen and oxygen atoms in total. The van der Waals surface area contributed by atoms with Gasteiger partial charge in [0.05, 0.1) is 12.4 Å². The first-order valence-corrected chi connectivity index (χ1v) is 9.22. The molecule has 0 aliphatic rings. The quantitative estimate of drug-likeness (QED) is 0.694. The predicted octanol–water partition coefficient (Wildman–Crippen LogP) is 4.09. The molecule has 0 aliphatic heterocycles. The summed E-state index contributed by atoms with van der Waals surface area (Å²) < 4.78 is 1.95. The fourth-order valence-corrected chi connectivity index (χ4v) is 3.22. The van der Waals surface area contributed by atoms with E-state index in [1.54, 1.807) is 12.5 Å². The van der Waals surface area contributed by atoms with Crippen LogP contribution >= 0.6 is 0 Å². The van der Waals surface area contributed by atoms with Crippen LogP contribution in [0.15, 0.2) is 61.2 Å². The van der Waals surface area contributed by atoms with Crippen LogP contribution in [-0.2, 0) is 6.42 Å². The maximum absolute atomic E-state index is 12.2. The Balaban J connectivity index is 1.50. The van der Waals surface area contributed by atoms with E-state index in [1.807, 2.05) is 42.0 Å². The van der Waals surface area contributed by atoms with Crippen molar-refractivity contribution >= 4 is 6.03 Å². The van der Waals surface area contributed by atoms with Gasteiger partial charge in [-0.1, -0.05) is 30.3 Å². The topological polar surface area (TPSA) is 59.0 Å². The van der Waals surface area contributed by atoms with Gasteiger partial charge < -0.3 is 15.2 Å². The van der Waals surface area contributed by atoms with Crippen molar-refractivity contribution in [2.75, 3.05) is 6.54 Å². The first-order valence-electron chi connectivity index (χ1n) is 9.22. The minimum atomic E-state index is -0.146. The van der Waals surface area contributed by atoms with Crippen molar-refractivity contribution in [1.82, 2.24) is 20.2 Å². The number of nitrogens with one attached hydrogen (secondary N) is 2. The highest BCUT2D eigenvalue weighted by Crippen LogP contribution is 2.16. The van der Waals surface area contributed by atoms with E-state index in [-0.39, 0.29) is 12.1 Å². The molecule has 1 aromatic heterocycles. The summed E-state index contributed by atoms with van der Waals surface area (Å²) in [6, 6.07) is 14.2. The van der Waals surface area contributed by atoms with Gasteiger partial charge in [-0.15, -0.1) is 0 Å². The molecular formula is C22H26N4O. The van der Waals surface area contributed by atoms with Crippen molar-refractivity contribution in [1.29, 1.82) is 0 Å². The van der Waals surface area contributed by atoms with Crippen LogP contribution in [0.5, 0.6) is 0 Å². The van der Waals surface area contributed by atoms with Gasteiger partial charge in [-0.2, -0.15) is 0 Å². The van der Waals surface area contributed by atoms with Crippen molar-refractivity contribution in [2.45, 2.75) is 33.2 Å². The van der Waals surface area contributed by atoms with E-state index in [0.717, 1.165) is 17.7 Å². The zero-order chi connectivity index (χ0) is 19.2. The van der Waals surface area contributed by atoms with Gasteiger partial charge in [-0.05, 0) is 61.6 Å². The second-order valence-corrected chi connectivity index (χ2v) is 6.80. The SMILES string of the molecule is Cc1cccc(C)c1CCNC(=O)NC(C)c1ccc(-n2ccnc2)cc1. The molecule has 0 radical (unpaired) electrons. The van der Waals surface area contributed by atoms with Crippen LogP contribution in [-0.4, -0.2) is 22.1 Å². The Morgan fingerprint density at radius 1 is 1.11 bits per heavy atom. The molecule has 0 bridgehead atoms. The summed E-state index contributed by atoms with van der Waals surface area (Å²) in [4.78, 5) is 16.3. The van der Waals surface area contributed by atoms with Gasteiger partial charge in [-0.25, -0.2) is 9.78 Å². The van der Waals surface area contributed by atoms with Crippen LogP contribution in [0.4, 0.5) is 4.79 Å². The Morgan fingerprint density at radius 3 is 2.44 bits per heavy atom. The predicted molar refractivity (Wildman–Crippen MR) is 108 cm³/mol. The molecule has 3 rings (SSSR count). The molecule has 1 atom stereocenters. The van der Waals surface area contributed by atoms with Crippen molar-refractivity contribution in [3.05, 3.63) is 83.4 Å². The van der Waals surface area contributed by atoms with E-state index < -0.39 is 0 Å². The summed E-state index contributed by atoms with van der Waals surface area (Å²) >= 11 is 0. The van der Waals surface area contributed by atoms with E-state index in [0.29, 0.717) is 6.54 Å². The number of carbonyl (C=O) groups excluding carboxylic acids is 1. The Kier molecular flexibility index (Phi) is 5.91. The number of rotatable bonds is 6. The van der Waals surface area contributed by atoms with Crippen molar-refractivity contribution < 1.29 is 4.79 Å². The Hall–Kier alpha value is -3.08. The summed E-state index contributed by atoms with van der Waals surface area (Å²) in [6.07, 6.45) is 6.25. The van der Waals surface area contributed by atoms with E-state index in [2.05, 4.69) is 47.7 Å². The molecule has 1 heterocycles. The molecule has 1 unspecified atom stereocenters. The standard InChI is InChI=1S/C22H26N4O/c1-16-5-4-6-17(2)21(16)11-12-24-22(27)25-18(3)19-7-9-20(10-8-19)26-14-13-23-15-26/h4-10,13-15,18H,11-12H2,1-3H3,(H2,24,25,27). The first-order chi connectivity index (χ1) is 13.0. The van der Waals surface area contributed by atoms with E-state index in [4.69, 9.17) is 0 Å². The van der Waals surface area contributed by atoms with Gasteiger partial charge in [0.25, 0.3) is 0 Å². The van der Waals surface area contributed by atoms with Gasteiger partial charge in [0, 0.05) is 24.6 Å². The minimum absolute atomic E-state index is 0.0676. The second-order valence-electron chi connectivity index (χ2n) is 6.80. The summed E-state index contributed by atoms with van der Waals surface area (Å²) in [5.74, 6) is 0. The van der Waals surface area contributed by atoms with Crippen molar-refractivity contribution in [2.24, 2.45) is 0 Å². The van der Waals surface area contributed by atoms with Gasteiger partial charge in [-0.3, -0.25) is 0 Å². The largest absolute Gasteiger partial charge is 0.338 e. The average molecular weight is 362 g/mol. The Morgan fingerprint density at radius 2 is 1.81 bits per heavy atom. The van der Waals surface area contributed by atoms with Crippen LogP contribution < -0.4 is 10.6 Å². The van der Waals surface area contributed by atoms with Crippen molar-refractivity contribution in [3.8, 4) is 5.69 Å². The molecule has 0 saturated heterocycles. The summed E-state index contributed by atoms with van der Waals surface area (Å²) in [5.41, 5.74) is 5.94. The third-order valence-corrected chi connectivity index (χ3v) is 4.85. The maximum Gasteiger partial charge on any atom is 0.315 e. The van der Waals surface area contributed by atoms with Gasteiger partial charge >= 0.3 is 6.03 Å². The molecule has 2 N–H and O–H groups in total. The number of amides is 2. The zero-order valence-electron chi connectivity index (χ0n) is 16.1. The second kappa shape index (κ2) is 8.54. The van der Waals surface area contributed by atoms with Gasteiger partial charge in [0.2, 0.25) is 0 Å². The molecule has 2 amide bonds. The van der Waals surface area contributed by atoms with E-state index >= 15 is 0 Å². The van der Waals surface area contributed by atoms with Gasteiger partial charge in [0.15, 0.2) is 0 Å². The highest BCUT2D eigenvalue weighted by molar-refractivity contribution is 5.74. The normalized spacial score (nSPS) is 11.8. The lowest BCUT2D eigenvalue weighted by atomic mass is 10.0. The fraction of sp³-hybridized carbons (Fsp3) is 0.273. The summed E-state index contributed by atoms with van der Waals surface area (Å²) in [5, 5.41) is 5.95. The highest BCUT2D eigenvalue weighted by atomic mass is 16.2. The van der Waals surface area contributed by atoms with Crippen molar-refractivity contribution in [3.63, 3.8) is 0 Å². The molecule has 0 aliphatic carbocycles. The minimum Gasteiger partial charge on any atom is -0.338 e. The van der Waals surface area contributed by atoms with Crippen LogP contribution in [0.3, 0.4) is 0 Å². The molecule has 0 saturated carbocycles. The lowest BCUT2D eigenvalue weighted by Crippen LogP contribution is -2.38. The van der Waals surface area contributed by atoms with Crippen LogP contribution in [0.1, 0.15) is 35.2 Å². The van der Waals surface area contributed by atoms with Crippen LogP contribution in [0, 0.1) is 13.8 Å². The van der Waals surface area contributed by atoms with E-state index in [1.165, 1.54) is 16.7 Å². The first kappa shape index (κ1) is 18.7. The number of aryl methyl sites for hydroxylation is 2. The smallest absolute Gasteiger partial charge is 0.315 e. The number of benzene rings is 2. The monoisotopic (exact) mass is 362 g/mol. The van der Waals surface area contributed by atoms with Crippen LogP contribution in [0.2, 0.25) is 0 Å². The third-order valence-electron chi connectivity index (χ3n) is 4.85. The molecule has 27 heavy (non-hydrogen) atoms. The third kappa shape index (κ3) is 4.76. The molecule has 2 aromatic carbocycles. The zero-order valence-corrected chi connectivity index (χ0v) is 16.1. The fourth-order valence-electron chi connectivity index (χ4n) is 3.22. The number of aromatic nitrogens is 2. The molecule has 3 aromatic rings. The van der Waals surface area contributed by atoms with Crippen LogP contribution in [0.25, 0.3) is 5.69 Å². The lowest BCUT2D eigenvalue weighted by Gasteiger charge is -2.16. The molecular weight excluding hydrogens is 336 g/mol. The Labute approximate surface area is 160 Å². The number of hydrogen-bond acceptors (Lipinski definition) is 2. The lowest BCUT2D eigenvalue weighted by molar-refractivity contribution is 0.238.